The van der Waals surface area contributed by atoms with Gasteiger partial charge in [-0.25, -0.2) is 0 Å². The zero-order chi connectivity index (χ0) is 13.5. The molecule has 1 unspecified atom stereocenters. The Bertz CT molecular complexity index is 622. The minimum absolute atomic E-state index is 0.294. The summed E-state index contributed by atoms with van der Waals surface area (Å²) in [5, 5.41) is 4.24. The van der Waals surface area contributed by atoms with Crippen LogP contribution in [-0.4, -0.2) is 16.2 Å². The number of nitrogens with zero attached hydrogens (tertiary/aromatic N) is 2. The first-order chi connectivity index (χ1) is 9.81. The molecular weight excluding hydrogens is 250 g/mol. The zero-order valence-electron chi connectivity index (χ0n) is 11.5. The van der Waals surface area contributed by atoms with Crippen LogP contribution in [-0.2, 0) is 6.42 Å². The second-order valence-corrected chi connectivity index (χ2v) is 6.05. The summed E-state index contributed by atoms with van der Waals surface area (Å²) < 4.78 is 5.51. The Hall–Kier alpha value is -1.68. The molecule has 2 N–H and O–H groups in total. The first-order valence-corrected chi connectivity index (χ1v) is 7.48. The Labute approximate surface area is 118 Å². The lowest BCUT2D eigenvalue weighted by Gasteiger charge is -2.06. The molecule has 2 aliphatic rings. The standard InChI is InChI=1S/C16H19N3O/c17-12-7-5-11(9-12)16-18-15(19-20-16)14-8-6-10-3-1-2-4-13(10)14/h1-4,11-12,14H,5-9,17H2/t11-,12+,14?/m1/s1. The van der Waals surface area contributed by atoms with Gasteiger partial charge in [-0.2, -0.15) is 4.98 Å². The normalized spacial score (nSPS) is 28.8. The van der Waals surface area contributed by atoms with E-state index in [-0.39, 0.29) is 0 Å². The monoisotopic (exact) mass is 269 g/mol. The van der Waals surface area contributed by atoms with Crippen molar-refractivity contribution in [2.24, 2.45) is 5.73 Å². The van der Waals surface area contributed by atoms with Gasteiger partial charge in [-0.1, -0.05) is 29.4 Å². The van der Waals surface area contributed by atoms with E-state index in [9.17, 15) is 0 Å². The number of aryl methyl sites for hydroxylation is 1. The van der Waals surface area contributed by atoms with Crippen molar-refractivity contribution >= 4 is 0 Å². The van der Waals surface area contributed by atoms with Crippen LogP contribution in [0.3, 0.4) is 0 Å². The Kier molecular flexibility index (Phi) is 2.84. The number of aromatic nitrogens is 2. The molecule has 1 saturated carbocycles. The molecule has 1 aromatic heterocycles. The average Bonchev–Trinajstić information content (AvgIpc) is 3.15. The van der Waals surface area contributed by atoms with Gasteiger partial charge in [-0.3, -0.25) is 0 Å². The predicted octanol–water partition coefficient (Wildman–Crippen LogP) is 2.74. The van der Waals surface area contributed by atoms with Crippen molar-refractivity contribution in [3.63, 3.8) is 0 Å². The van der Waals surface area contributed by atoms with Gasteiger partial charge in [0.05, 0.1) is 0 Å². The lowest BCUT2D eigenvalue weighted by atomic mass is 10.0. The quantitative estimate of drug-likeness (QED) is 0.910. The highest BCUT2D eigenvalue weighted by Crippen LogP contribution is 2.38. The Morgan fingerprint density at radius 3 is 2.90 bits per heavy atom. The predicted molar refractivity (Wildman–Crippen MR) is 75.5 cm³/mol. The van der Waals surface area contributed by atoms with Crippen molar-refractivity contribution in [1.29, 1.82) is 0 Å². The van der Waals surface area contributed by atoms with Crippen LogP contribution in [0.2, 0.25) is 0 Å². The molecule has 0 saturated heterocycles. The SMILES string of the molecule is N[C@H]1CC[C@@H](c2nc(C3CCc4ccccc43)no2)C1. The number of hydrogen-bond donors (Lipinski definition) is 1. The highest BCUT2D eigenvalue weighted by molar-refractivity contribution is 5.38. The summed E-state index contributed by atoms with van der Waals surface area (Å²) in [5.41, 5.74) is 8.75. The molecule has 1 aromatic carbocycles. The van der Waals surface area contributed by atoms with Crippen molar-refractivity contribution in [2.75, 3.05) is 0 Å². The van der Waals surface area contributed by atoms with Crippen LogP contribution in [0.15, 0.2) is 28.8 Å². The Morgan fingerprint density at radius 2 is 2.05 bits per heavy atom. The second kappa shape index (κ2) is 4.70. The first-order valence-electron chi connectivity index (χ1n) is 7.48. The molecule has 0 aliphatic heterocycles. The number of fused-ring (bicyclic) bond motifs is 1. The largest absolute Gasteiger partial charge is 0.339 e. The van der Waals surface area contributed by atoms with Crippen molar-refractivity contribution < 1.29 is 4.52 Å². The molecule has 4 rings (SSSR count). The summed E-state index contributed by atoms with van der Waals surface area (Å²) in [4.78, 5) is 4.67. The summed E-state index contributed by atoms with van der Waals surface area (Å²) in [6, 6.07) is 8.88. The fourth-order valence-electron chi connectivity index (χ4n) is 3.62. The number of rotatable bonds is 2. The molecule has 2 aliphatic carbocycles. The molecule has 0 spiro atoms. The van der Waals surface area contributed by atoms with Gasteiger partial charge in [-0.15, -0.1) is 0 Å². The van der Waals surface area contributed by atoms with E-state index < -0.39 is 0 Å². The molecule has 1 fully saturated rings. The third-order valence-electron chi connectivity index (χ3n) is 4.72. The fraction of sp³-hybridized carbons (Fsp3) is 0.500. The van der Waals surface area contributed by atoms with E-state index in [0.717, 1.165) is 43.8 Å². The van der Waals surface area contributed by atoms with Crippen LogP contribution in [0.4, 0.5) is 0 Å². The fourth-order valence-corrected chi connectivity index (χ4v) is 3.62. The highest BCUT2D eigenvalue weighted by atomic mass is 16.5. The molecule has 0 amide bonds. The lowest BCUT2D eigenvalue weighted by molar-refractivity contribution is 0.348. The van der Waals surface area contributed by atoms with Crippen molar-refractivity contribution in [3.8, 4) is 0 Å². The van der Waals surface area contributed by atoms with E-state index in [1.54, 1.807) is 0 Å². The van der Waals surface area contributed by atoms with Gasteiger partial charge in [0.1, 0.15) is 0 Å². The Balaban J connectivity index is 1.60. The Morgan fingerprint density at radius 1 is 1.15 bits per heavy atom. The van der Waals surface area contributed by atoms with Crippen molar-refractivity contribution in [1.82, 2.24) is 10.1 Å². The van der Waals surface area contributed by atoms with E-state index in [4.69, 9.17) is 10.3 Å². The van der Waals surface area contributed by atoms with Gasteiger partial charge in [0.2, 0.25) is 5.89 Å². The topological polar surface area (TPSA) is 64.9 Å². The maximum atomic E-state index is 5.96. The van der Waals surface area contributed by atoms with Crippen LogP contribution in [0.1, 0.15) is 60.4 Å². The van der Waals surface area contributed by atoms with Gasteiger partial charge in [0.15, 0.2) is 5.82 Å². The molecule has 20 heavy (non-hydrogen) atoms. The smallest absolute Gasteiger partial charge is 0.229 e. The van der Waals surface area contributed by atoms with Crippen molar-refractivity contribution in [2.45, 2.75) is 50.0 Å². The average molecular weight is 269 g/mol. The van der Waals surface area contributed by atoms with Gasteiger partial charge < -0.3 is 10.3 Å². The van der Waals surface area contributed by atoms with E-state index in [1.165, 1.54) is 11.1 Å². The molecule has 104 valence electrons. The van der Waals surface area contributed by atoms with Crippen LogP contribution in [0.25, 0.3) is 0 Å². The van der Waals surface area contributed by atoms with E-state index in [0.29, 0.717) is 17.9 Å². The van der Waals surface area contributed by atoms with Crippen LogP contribution in [0, 0.1) is 0 Å². The van der Waals surface area contributed by atoms with Gasteiger partial charge >= 0.3 is 0 Å². The minimum atomic E-state index is 0.294. The second-order valence-electron chi connectivity index (χ2n) is 6.05. The maximum absolute atomic E-state index is 5.96. The van der Waals surface area contributed by atoms with E-state index in [2.05, 4.69) is 34.4 Å². The first kappa shape index (κ1) is 12.1. The molecule has 2 aromatic rings. The third-order valence-corrected chi connectivity index (χ3v) is 4.72. The van der Waals surface area contributed by atoms with Gasteiger partial charge in [0, 0.05) is 17.9 Å². The molecule has 4 heteroatoms. The van der Waals surface area contributed by atoms with Crippen molar-refractivity contribution in [3.05, 3.63) is 47.1 Å². The molecule has 0 radical (unpaired) electrons. The summed E-state index contributed by atoms with van der Waals surface area (Å²) >= 11 is 0. The number of nitrogens with two attached hydrogens (primary N) is 1. The zero-order valence-corrected chi connectivity index (χ0v) is 11.5. The van der Waals surface area contributed by atoms with Gasteiger partial charge in [0.25, 0.3) is 0 Å². The molecule has 3 atom stereocenters. The number of hydrogen-bond acceptors (Lipinski definition) is 4. The van der Waals surface area contributed by atoms with Crippen LogP contribution >= 0.6 is 0 Å². The summed E-state index contributed by atoms with van der Waals surface area (Å²) in [5.74, 6) is 2.31. The lowest BCUT2D eigenvalue weighted by Crippen LogP contribution is -2.14. The van der Waals surface area contributed by atoms with Crippen LogP contribution in [0.5, 0.6) is 0 Å². The van der Waals surface area contributed by atoms with Gasteiger partial charge in [-0.05, 0) is 43.2 Å². The summed E-state index contributed by atoms with van der Waals surface area (Å²) in [7, 11) is 0. The number of benzene rings is 1. The molecule has 0 bridgehead atoms. The molecule has 1 heterocycles. The minimum Gasteiger partial charge on any atom is -0.339 e. The summed E-state index contributed by atoms with van der Waals surface area (Å²) in [6.45, 7) is 0. The summed E-state index contributed by atoms with van der Waals surface area (Å²) in [6.07, 6.45) is 5.31. The third kappa shape index (κ3) is 1.95. The maximum Gasteiger partial charge on any atom is 0.229 e. The van der Waals surface area contributed by atoms with E-state index in [1.807, 2.05) is 0 Å². The highest BCUT2D eigenvalue weighted by Gasteiger charge is 2.31. The molecule has 4 nitrogen and oxygen atoms in total. The van der Waals surface area contributed by atoms with Crippen LogP contribution < -0.4 is 5.73 Å². The van der Waals surface area contributed by atoms with E-state index >= 15 is 0 Å². The molecular formula is C16H19N3O.